The first-order valence-corrected chi connectivity index (χ1v) is 7.63. The number of hydrogen-bond acceptors (Lipinski definition) is 1. The van der Waals surface area contributed by atoms with Gasteiger partial charge in [0.15, 0.2) is 0 Å². The minimum absolute atomic E-state index is 0. The van der Waals surface area contributed by atoms with E-state index in [9.17, 15) is 0 Å². The predicted molar refractivity (Wildman–Crippen MR) is 46.4 cm³/mol. The summed E-state index contributed by atoms with van der Waals surface area (Å²) in [6.45, 7) is 0. The SMILES string of the molecule is [CH3][Zr+2][C]1=CC=CC1.[Cl-].[Cl-].c1ccoc1. The van der Waals surface area contributed by atoms with Crippen molar-refractivity contribution in [1.82, 2.24) is 0 Å². The first kappa shape index (κ1) is 16.6. The fourth-order valence-corrected chi connectivity index (χ4v) is 2.30. The molecule has 1 aliphatic rings. The summed E-state index contributed by atoms with van der Waals surface area (Å²) in [6, 6.07) is 3.67. The molecule has 0 saturated carbocycles. The zero-order valence-electron chi connectivity index (χ0n) is 7.91. The van der Waals surface area contributed by atoms with Crippen LogP contribution in [-0.2, 0) is 23.2 Å². The molecule has 1 aliphatic carbocycles. The van der Waals surface area contributed by atoms with Crippen molar-refractivity contribution in [3.05, 3.63) is 46.2 Å². The van der Waals surface area contributed by atoms with Crippen LogP contribution in [-0.4, -0.2) is 0 Å². The minimum atomic E-state index is -0.0408. The number of rotatable bonds is 1. The van der Waals surface area contributed by atoms with Gasteiger partial charge in [-0.05, 0) is 12.1 Å². The summed E-state index contributed by atoms with van der Waals surface area (Å²) in [7, 11) is 0. The van der Waals surface area contributed by atoms with Gasteiger partial charge in [-0.25, -0.2) is 0 Å². The zero-order chi connectivity index (χ0) is 8.65. The van der Waals surface area contributed by atoms with E-state index in [0.29, 0.717) is 0 Å². The monoisotopic (exact) mass is 308 g/mol. The molecule has 0 aliphatic heterocycles. The summed E-state index contributed by atoms with van der Waals surface area (Å²) < 4.78 is 8.67. The normalized spacial score (nSPS) is 11.1. The van der Waals surface area contributed by atoms with Gasteiger partial charge >= 0.3 is 55.8 Å². The maximum atomic E-state index is 4.58. The van der Waals surface area contributed by atoms with Gasteiger partial charge in [-0.1, -0.05) is 0 Å². The molecule has 0 N–H and O–H groups in total. The third-order valence-corrected chi connectivity index (χ3v) is 4.01. The molecule has 2 rings (SSSR count). The molecule has 0 atom stereocenters. The van der Waals surface area contributed by atoms with E-state index in [1.54, 1.807) is 15.8 Å². The molecule has 0 fully saturated rings. The van der Waals surface area contributed by atoms with Crippen molar-refractivity contribution in [2.45, 2.75) is 11.1 Å². The molecule has 4 heteroatoms. The Kier molecular flexibility index (Phi) is 13.4. The first-order chi connectivity index (χ1) is 5.93. The molecule has 1 heterocycles. The van der Waals surface area contributed by atoms with Crippen molar-refractivity contribution < 1.29 is 52.5 Å². The Labute approximate surface area is 109 Å². The van der Waals surface area contributed by atoms with E-state index < -0.39 is 0 Å². The number of hydrogen-bond donors (Lipinski definition) is 0. The Morgan fingerprint density at radius 2 is 1.86 bits per heavy atom. The average Bonchev–Trinajstić information content (AvgIpc) is 2.81. The van der Waals surface area contributed by atoms with Gasteiger partial charge in [0.2, 0.25) is 0 Å². The molecular formula is C10H12Cl2OZr. The Morgan fingerprint density at radius 1 is 1.21 bits per heavy atom. The molecule has 0 aromatic carbocycles. The van der Waals surface area contributed by atoms with E-state index in [-0.39, 0.29) is 48.0 Å². The van der Waals surface area contributed by atoms with Crippen molar-refractivity contribution in [2.24, 2.45) is 0 Å². The van der Waals surface area contributed by atoms with Gasteiger partial charge in [-0.2, -0.15) is 0 Å². The average molecular weight is 310 g/mol. The van der Waals surface area contributed by atoms with Crippen LogP contribution in [0.3, 0.4) is 0 Å². The third kappa shape index (κ3) is 7.61. The van der Waals surface area contributed by atoms with Gasteiger partial charge < -0.3 is 29.2 Å². The van der Waals surface area contributed by atoms with Crippen LogP contribution in [0.15, 0.2) is 50.6 Å². The second kappa shape index (κ2) is 11.3. The van der Waals surface area contributed by atoms with Crippen LogP contribution < -0.4 is 24.8 Å². The van der Waals surface area contributed by atoms with Crippen LogP contribution in [0.2, 0.25) is 4.63 Å². The van der Waals surface area contributed by atoms with Crippen LogP contribution in [0.25, 0.3) is 0 Å². The Balaban J connectivity index is 0. The largest absolute Gasteiger partial charge is 1.00 e. The third-order valence-electron chi connectivity index (χ3n) is 1.52. The summed E-state index contributed by atoms with van der Waals surface area (Å²) in [5.41, 5.74) is 0. The van der Waals surface area contributed by atoms with Gasteiger partial charge in [0.1, 0.15) is 0 Å². The molecule has 0 spiro atoms. The molecule has 0 amide bonds. The molecule has 0 radical (unpaired) electrons. The summed E-state index contributed by atoms with van der Waals surface area (Å²) in [5, 5.41) is 0. The molecule has 76 valence electrons. The maximum Gasteiger partial charge on any atom is 0.0902 e. The van der Waals surface area contributed by atoms with E-state index in [2.05, 4.69) is 27.3 Å². The van der Waals surface area contributed by atoms with Crippen LogP contribution in [0, 0.1) is 0 Å². The molecule has 1 nitrogen and oxygen atoms in total. The molecule has 1 aromatic rings. The van der Waals surface area contributed by atoms with E-state index >= 15 is 0 Å². The van der Waals surface area contributed by atoms with Crippen molar-refractivity contribution in [2.75, 3.05) is 0 Å². The van der Waals surface area contributed by atoms with Crippen molar-refractivity contribution in [3.8, 4) is 0 Å². The van der Waals surface area contributed by atoms with E-state index in [1.165, 1.54) is 6.42 Å². The molecule has 1 aromatic heterocycles. The van der Waals surface area contributed by atoms with E-state index in [0.717, 1.165) is 0 Å². The topological polar surface area (TPSA) is 13.1 Å². The van der Waals surface area contributed by atoms with Crippen molar-refractivity contribution in [1.29, 1.82) is 0 Å². The quantitative estimate of drug-likeness (QED) is 0.548. The van der Waals surface area contributed by atoms with Gasteiger partial charge in [0, 0.05) is 0 Å². The Bertz CT molecular complexity index is 238. The van der Waals surface area contributed by atoms with Gasteiger partial charge in [-0.15, -0.1) is 0 Å². The molecule has 0 bridgehead atoms. The molecule has 0 unspecified atom stereocenters. The van der Waals surface area contributed by atoms with Crippen molar-refractivity contribution >= 4 is 0 Å². The van der Waals surface area contributed by atoms with Gasteiger partial charge in [-0.3, -0.25) is 0 Å². The summed E-state index contributed by atoms with van der Waals surface area (Å²) in [5.74, 6) is 0. The minimum Gasteiger partial charge on any atom is -1.00 e. The first-order valence-electron chi connectivity index (χ1n) is 3.94. The van der Waals surface area contributed by atoms with Gasteiger partial charge in [0.25, 0.3) is 0 Å². The standard InChI is InChI=1S/C5H5.C4H4O.CH3.2ClH.Zr/c2*1-2-4-5-3-1;;;;/h1-3H,4H2;1-4H;1H3;2*1H;/q;;;;;+2/p-2. The zero-order valence-corrected chi connectivity index (χ0v) is 11.9. The van der Waals surface area contributed by atoms with Crippen LogP contribution >= 0.6 is 0 Å². The summed E-state index contributed by atoms with van der Waals surface area (Å²) in [6.07, 6.45) is 11.2. The second-order valence-electron chi connectivity index (χ2n) is 2.37. The Hall–Kier alpha value is 0.223. The second-order valence-corrected chi connectivity index (χ2v) is 5.17. The van der Waals surface area contributed by atoms with E-state index in [1.807, 2.05) is 12.1 Å². The van der Waals surface area contributed by atoms with Gasteiger partial charge in [0.05, 0.1) is 12.5 Å². The van der Waals surface area contributed by atoms with Crippen LogP contribution in [0.1, 0.15) is 6.42 Å². The number of furan rings is 1. The fraction of sp³-hybridized carbons (Fsp3) is 0.200. The fourth-order valence-electron chi connectivity index (χ4n) is 0.859. The number of allylic oxidation sites excluding steroid dienone is 4. The molecule has 0 saturated heterocycles. The predicted octanol–water partition coefficient (Wildman–Crippen LogP) is -2.75. The summed E-state index contributed by atoms with van der Waals surface area (Å²) in [4.78, 5) is 0. The van der Waals surface area contributed by atoms with Crippen LogP contribution in [0.4, 0.5) is 0 Å². The van der Waals surface area contributed by atoms with Crippen LogP contribution in [0.5, 0.6) is 0 Å². The molecular weight excluding hydrogens is 298 g/mol. The smallest absolute Gasteiger partial charge is 0.0902 e. The Morgan fingerprint density at radius 3 is 2.07 bits per heavy atom. The van der Waals surface area contributed by atoms with Crippen molar-refractivity contribution in [3.63, 3.8) is 0 Å². The molecule has 14 heavy (non-hydrogen) atoms. The van der Waals surface area contributed by atoms with E-state index in [4.69, 9.17) is 0 Å². The maximum absolute atomic E-state index is 4.58. The summed E-state index contributed by atoms with van der Waals surface area (Å²) >= 11 is -0.0408. The number of halogens is 2.